The molecule has 0 heterocycles. The normalized spacial score (nSPS) is 10.2. The number of carbonyl (C=O) groups excluding carboxylic acids is 2. The lowest BCUT2D eigenvalue weighted by atomic mass is 10.1. The number of benzene rings is 1. The molecule has 1 aromatic rings. The lowest BCUT2D eigenvalue weighted by molar-refractivity contribution is -0.148. The second-order valence-corrected chi connectivity index (χ2v) is 4.87. The van der Waals surface area contributed by atoms with Gasteiger partial charge in [0.25, 0.3) is 5.91 Å². The molecule has 0 aromatic heterocycles. The molecule has 1 amide bonds. The summed E-state index contributed by atoms with van der Waals surface area (Å²) in [7, 11) is 1.55. The number of esters is 1. The second-order valence-electron chi connectivity index (χ2n) is 4.87. The van der Waals surface area contributed by atoms with Gasteiger partial charge in [-0.15, -0.1) is 0 Å². The predicted molar refractivity (Wildman–Crippen MR) is 75.7 cm³/mol. The molecule has 0 aliphatic heterocycles. The van der Waals surface area contributed by atoms with E-state index in [9.17, 15) is 9.59 Å². The van der Waals surface area contributed by atoms with E-state index in [1.165, 1.54) is 0 Å². The molecule has 5 nitrogen and oxygen atoms in total. The van der Waals surface area contributed by atoms with Gasteiger partial charge in [0, 0.05) is 11.6 Å². The molecule has 0 radical (unpaired) electrons. The maximum atomic E-state index is 11.7. The summed E-state index contributed by atoms with van der Waals surface area (Å²) in [6, 6.07) is 5.61. The highest BCUT2D eigenvalue weighted by atomic mass is 16.5. The van der Waals surface area contributed by atoms with Gasteiger partial charge >= 0.3 is 5.97 Å². The van der Waals surface area contributed by atoms with Crippen molar-refractivity contribution < 1.29 is 19.1 Å². The lowest BCUT2D eigenvalue weighted by Gasteiger charge is -2.11. The molecule has 0 aliphatic carbocycles. The van der Waals surface area contributed by atoms with Gasteiger partial charge in [-0.1, -0.05) is 17.7 Å². The summed E-state index contributed by atoms with van der Waals surface area (Å²) >= 11 is 0. The Morgan fingerprint density at radius 2 is 2.00 bits per heavy atom. The van der Waals surface area contributed by atoms with Crippen LogP contribution in [-0.4, -0.2) is 31.6 Å². The van der Waals surface area contributed by atoms with Gasteiger partial charge in [0.05, 0.1) is 13.5 Å². The van der Waals surface area contributed by atoms with E-state index in [1.807, 2.05) is 39.0 Å². The van der Waals surface area contributed by atoms with Crippen LogP contribution in [0.4, 0.5) is 0 Å². The first kappa shape index (κ1) is 16.0. The minimum Gasteiger partial charge on any atom is -0.496 e. The maximum absolute atomic E-state index is 11.7. The Labute approximate surface area is 119 Å². The average Bonchev–Trinajstić information content (AvgIpc) is 2.36. The van der Waals surface area contributed by atoms with Crippen LogP contribution in [0.15, 0.2) is 18.2 Å². The van der Waals surface area contributed by atoms with Gasteiger partial charge in [0.1, 0.15) is 5.75 Å². The van der Waals surface area contributed by atoms with E-state index >= 15 is 0 Å². The summed E-state index contributed by atoms with van der Waals surface area (Å²) in [6.45, 7) is 5.37. The highest BCUT2D eigenvalue weighted by Gasteiger charge is 2.12. The third kappa shape index (κ3) is 5.30. The van der Waals surface area contributed by atoms with Crippen molar-refractivity contribution in [2.45, 2.75) is 33.2 Å². The van der Waals surface area contributed by atoms with Gasteiger partial charge < -0.3 is 14.8 Å². The number of nitrogens with one attached hydrogen (secondary N) is 1. The van der Waals surface area contributed by atoms with Crippen LogP contribution < -0.4 is 10.1 Å². The number of amides is 1. The van der Waals surface area contributed by atoms with E-state index in [0.29, 0.717) is 5.75 Å². The highest BCUT2D eigenvalue weighted by molar-refractivity contribution is 5.81. The number of methoxy groups -OCH3 is 1. The van der Waals surface area contributed by atoms with Crippen LogP contribution in [0.2, 0.25) is 0 Å². The minimum atomic E-state index is -0.451. The van der Waals surface area contributed by atoms with Crippen LogP contribution >= 0.6 is 0 Å². The number of hydrogen-bond acceptors (Lipinski definition) is 4. The summed E-state index contributed by atoms with van der Waals surface area (Å²) in [5.41, 5.74) is 1.79. The van der Waals surface area contributed by atoms with Crippen molar-refractivity contribution in [1.29, 1.82) is 0 Å². The molecule has 5 heteroatoms. The summed E-state index contributed by atoms with van der Waals surface area (Å²) in [5.74, 6) is -0.114. The van der Waals surface area contributed by atoms with Crippen LogP contribution in [0.1, 0.15) is 25.0 Å². The van der Waals surface area contributed by atoms with Crippen molar-refractivity contribution in [2.24, 2.45) is 0 Å². The van der Waals surface area contributed by atoms with Gasteiger partial charge in [-0.25, -0.2) is 0 Å². The van der Waals surface area contributed by atoms with Gasteiger partial charge in [-0.3, -0.25) is 9.59 Å². The quantitative estimate of drug-likeness (QED) is 0.804. The largest absolute Gasteiger partial charge is 0.496 e. The SMILES string of the molecule is COc1ccc(C)cc1CC(=O)OCC(=O)NC(C)C. The first-order chi connectivity index (χ1) is 9.42. The molecule has 20 heavy (non-hydrogen) atoms. The van der Waals surface area contributed by atoms with E-state index in [4.69, 9.17) is 9.47 Å². The molecular weight excluding hydrogens is 258 g/mol. The monoisotopic (exact) mass is 279 g/mol. The fourth-order valence-electron chi connectivity index (χ4n) is 1.76. The third-order valence-corrected chi connectivity index (χ3v) is 2.58. The molecule has 1 aromatic carbocycles. The van der Waals surface area contributed by atoms with Crippen molar-refractivity contribution in [1.82, 2.24) is 5.32 Å². The zero-order valence-corrected chi connectivity index (χ0v) is 12.4. The van der Waals surface area contributed by atoms with Crippen LogP contribution in [0.25, 0.3) is 0 Å². The smallest absolute Gasteiger partial charge is 0.310 e. The van der Waals surface area contributed by atoms with Crippen molar-refractivity contribution >= 4 is 11.9 Å². The van der Waals surface area contributed by atoms with E-state index in [2.05, 4.69) is 5.32 Å². The first-order valence-corrected chi connectivity index (χ1v) is 6.51. The molecule has 0 spiro atoms. The van der Waals surface area contributed by atoms with E-state index in [1.54, 1.807) is 7.11 Å². The van der Waals surface area contributed by atoms with Crippen molar-refractivity contribution in [3.05, 3.63) is 29.3 Å². The maximum Gasteiger partial charge on any atom is 0.310 e. The average molecular weight is 279 g/mol. The number of ether oxygens (including phenoxy) is 2. The van der Waals surface area contributed by atoms with Gasteiger partial charge in [-0.05, 0) is 26.8 Å². The van der Waals surface area contributed by atoms with Gasteiger partial charge in [-0.2, -0.15) is 0 Å². The standard InChI is InChI=1S/C15H21NO4/c1-10(2)16-14(17)9-20-15(18)8-12-7-11(3)5-6-13(12)19-4/h5-7,10H,8-9H2,1-4H3,(H,16,17). The second kappa shape index (κ2) is 7.53. The molecule has 0 bridgehead atoms. The Hall–Kier alpha value is -2.04. The third-order valence-electron chi connectivity index (χ3n) is 2.58. The summed E-state index contributed by atoms with van der Waals surface area (Å²) in [6.07, 6.45) is 0.0831. The topological polar surface area (TPSA) is 64.6 Å². The highest BCUT2D eigenvalue weighted by Crippen LogP contribution is 2.20. The molecule has 0 saturated heterocycles. The fraction of sp³-hybridized carbons (Fsp3) is 0.467. The Balaban J connectivity index is 2.54. The van der Waals surface area contributed by atoms with E-state index in [-0.39, 0.29) is 25.0 Å². The Bertz CT molecular complexity index is 483. The van der Waals surface area contributed by atoms with E-state index in [0.717, 1.165) is 11.1 Å². The zero-order valence-electron chi connectivity index (χ0n) is 12.4. The predicted octanol–water partition coefficient (Wildman–Crippen LogP) is 1.61. The molecule has 0 fully saturated rings. The Morgan fingerprint density at radius 3 is 2.60 bits per heavy atom. The molecule has 0 unspecified atom stereocenters. The molecular formula is C15H21NO4. The fourth-order valence-corrected chi connectivity index (χ4v) is 1.76. The number of hydrogen-bond donors (Lipinski definition) is 1. The van der Waals surface area contributed by atoms with Gasteiger partial charge in [0.2, 0.25) is 0 Å². The van der Waals surface area contributed by atoms with Crippen molar-refractivity contribution in [3.8, 4) is 5.75 Å². The van der Waals surface area contributed by atoms with E-state index < -0.39 is 5.97 Å². The molecule has 0 atom stereocenters. The summed E-state index contributed by atoms with van der Waals surface area (Å²) in [4.78, 5) is 23.1. The number of carbonyl (C=O) groups is 2. The lowest BCUT2D eigenvalue weighted by Crippen LogP contribution is -2.34. The molecule has 110 valence electrons. The van der Waals surface area contributed by atoms with Crippen LogP contribution in [0, 0.1) is 6.92 Å². The summed E-state index contributed by atoms with van der Waals surface area (Å²) in [5, 5.41) is 2.65. The van der Waals surface area contributed by atoms with Gasteiger partial charge in [0.15, 0.2) is 6.61 Å². The van der Waals surface area contributed by atoms with Crippen LogP contribution in [-0.2, 0) is 20.7 Å². The van der Waals surface area contributed by atoms with Crippen molar-refractivity contribution in [2.75, 3.05) is 13.7 Å². The minimum absolute atomic E-state index is 0.0260. The first-order valence-electron chi connectivity index (χ1n) is 6.51. The number of rotatable bonds is 6. The Morgan fingerprint density at radius 1 is 1.30 bits per heavy atom. The zero-order chi connectivity index (χ0) is 15.1. The number of aryl methyl sites for hydroxylation is 1. The Kier molecular flexibility index (Phi) is 6.03. The molecule has 1 rings (SSSR count). The van der Waals surface area contributed by atoms with Crippen molar-refractivity contribution in [3.63, 3.8) is 0 Å². The summed E-state index contributed by atoms with van der Waals surface area (Å²) < 4.78 is 10.1. The molecule has 0 saturated carbocycles. The molecule has 0 aliphatic rings. The van der Waals surface area contributed by atoms with Crippen LogP contribution in [0.3, 0.4) is 0 Å². The van der Waals surface area contributed by atoms with Crippen LogP contribution in [0.5, 0.6) is 5.75 Å². The molecule has 1 N–H and O–H groups in total.